The highest BCUT2D eigenvalue weighted by Gasteiger charge is 2.36. The normalized spacial score (nSPS) is 17.6. The van der Waals surface area contributed by atoms with Crippen LogP contribution in [0.25, 0.3) is 0 Å². The smallest absolute Gasteiger partial charge is 0.258 e. The number of hydrogen-bond donors (Lipinski definition) is 2. The summed E-state index contributed by atoms with van der Waals surface area (Å²) in [7, 11) is 1.64. The number of aromatic nitrogens is 2. The molecule has 2 N–H and O–H groups in total. The Morgan fingerprint density at radius 2 is 2.19 bits per heavy atom. The van der Waals surface area contributed by atoms with Crippen LogP contribution in [0.15, 0.2) is 28.8 Å². The lowest BCUT2D eigenvalue weighted by atomic mass is 9.92. The quantitative estimate of drug-likeness (QED) is 0.881. The van der Waals surface area contributed by atoms with Gasteiger partial charge >= 0.3 is 0 Å². The Hall–Kier alpha value is -1.92. The monoisotopic (exact) mass is 289 g/mol. The van der Waals surface area contributed by atoms with Crippen molar-refractivity contribution in [3.63, 3.8) is 0 Å². The molecule has 1 aromatic carbocycles. The predicted molar refractivity (Wildman–Crippen MR) is 76.1 cm³/mol. The van der Waals surface area contributed by atoms with Crippen LogP contribution in [-0.2, 0) is 12.0 Å². The second kappa shape index (κ2) is 5.83. The molecule has 6 heteroatoms. The zero-order valence-electron chi connectivity index (χ0n) is 12.0. The first-order valence-electron chi connectivity index (χ1n) is 7.09. The molecule has 0 radical (unpaired) electrons. The molecule has 1 aliphatic heterocycles. The molecular weight excluding hydrogens is 270 g/mol. The molecular formula is C15H19N3O3. The molecule has 0 spiro atoms. The summed E-state index contributed by atoms with van der Waals surface area (Å²) in [6.07, 6.45) is 1.73. The van der Waals surface area contributed by atoms with E-state index in [0.717, 1.165) is 24.4 Å². The minimum absolute atomic E-state index is 0.321. The van der Waals surface area contributed by atoms with Gasteiger partial charge in [-0.1, -0.05) is 17.3 Å². The molecule has 0 aliphatic carbocycles. The van der Waals surface area contributed by atoms with Crippen LogP contribution in [-0.4, -0.2) is 35.4 Å². The zero-order valence-corrected chi connectivity index (χ0v) is 12.0. The molecule has 2 aromatic rings. The first kappa shape index (κ1) is 14.0. The van der Waals surface area contributed by atoms with E-state index in [-0.39, 0.29) is 0 Å². The first-order valence-corrected chi connectivity index (χ1v) is 7.09. The Bertz CT molecular complexity index is 606. The van der Waals surface area contributed by atoms with Gasteiger partial charge in [-0.3, -0.25) is 0 Å². The maximum absolute atomic E-state index is 10.5. The van der Waals surface area contributed by atoms with E-state index in [1.54, 1.807) is 7.11 Å². The molecule has 1 fully saturated rings. The molecule has 1 saturated heterocycles. The van der Waals surface area contributed by atoms with Gasteiger partial charge in [-0.05, 0) is 43.6 Å². The number of benzene rings is 1. The number of piperidine rings is 1. The summed E-state index contributed by atoms with van der Waals surface area (Å²) in [6.45, 7) is 1.51. The second-order valence-electron chi connectivity index (χ2n) is 5.33. The molecule has 0 unspecified atom stereocenters. The fraction of sp³-hybridized carbons (Fsp3) is 0.467. The molecule has 0 bridgehead atoms. The third-order valence-corrected chi connectivity index (χ3v) is 3.79. The van der Waals surface area contributed by atoms with Crippen LogP contribution >= 0.6 is 0 Å². The van der Waals surface area contributed by atoms with E-state index in [0.29, 0.717) is 31.0 Å². The molecule has 6 nitrogen and oxygen atoms in total. The molecule has 21 heavy (non-hydrogen) atoms. The highest BCUT2D eigenvalue weighted by atomic mass is 16.5. The number of aliphatic hydroxyl groups is 1. The van der Waals surface area contributed by atoms with E-state index < -0.39 is 5.60 Å². The lowest BCUT2D eigenvalue weighted by molar-refractivity contribution is -0.0228. The Morgan fingerprint density at radius 3 is 2.95 bits per heavy atom. The average Bonchev–Trinajstić information content (AvgIpc) is 2.97. The zero-order chi connectivity index (χ0) is 14.7. The fourth-order valence-electron chi connectivity index (χ4n) is 2.53. The van der Waals surface area contributed by atoms with Crippen LogP contribution in [0.1, 0.15) is 30.1 Å². The highest BCUT2D eigenvalue weighted by molar-refractivity contribution is 5.30. The van der Waals surface area contributed by atoms with Crippen molar-refractivity contribution in [2.24, 2.45) is 0 Å². The molecule has 2 heterocycles. The van der Waals surface area contributed by atoms with Crippen molar-refractivity contribution in [2.45, 2.75) is 24.9 Å². The van der Waals surface area contributed by atoms with Crippen molar-refractivity contribution in [2.75, 3.05) is 20.2 Å². The van der Waals surface area contributed by atoms with E-state index in [1.807, 2.05) is 24.3 Å². The van der Waals surface area contributed by atoms with Gasteiger partial charge in [0.25, 0.3) is 5.89 Å². The lowest BCUT2D eigenvalue weighted by Gasteiger charge is -2.28. The largest absolute Gasteiger partial charge is 0.497 e. The van der Waals surface area contributed by atoms with Gasteiger partial charge < -0.3 is 19.7 Å². The first-order chi connectivity index (χ1) is 10.2. The van der Waals surface area contributed by atoms with E-state index in [1.165, 1.54) is 0 Å². The highest BCUT2D eigenvalue weighted by Crippen LogP contribution is 2.29. The number of rotatable bonds is 4. The third kappa shape index (κ3) is 3.06. The fourth-order valence-corrected chi connectivity index (χ4v) is 2.53. The topological polar surface area (TPSA) is 80.4 Å². The van der Waals surface area contributed by atoms with Crippen LogP contribution in [0.3, 0.4) is 0 Å². The van der Waals surface area contributed by atoms with Gasteiger partial charge in [0.05, 0.1) is 7.11 Å². The Morgan fingerprint density at radius 1 is 1.38 bits per heavy atom. The molecule has 3 rings (SSSR count). The summed E-state index contributed by atoms with van der Waals surface area (Å²) in [5.41, 5.74) is 0.0456. The van der Waals surface area contributed by atoms with Crippen molar-refractivity contribution in [1.29, 1.82) is 0 Å². The summed E-state index contributed by atoms with van der Waals surface area (Å²) in [4.78, 5) is 4.36. The molecule has 0 saturated carbocycles. The van der Waals surface area contributed by atoms with Crippen LogP contribution in [0.2, 0.25) is 0 Å². The van der Waals surface area contributed by atoms with E-state index in [2.05, 4.69) is 15.5 Å². The van der Waals surface area contributed by atoms with Crippen molar-refractivity contribution >= 4 is 0 Å². The molecule has 1 aliphatic rings. The maximum atomic E-state index is 10.5. The standard InChI is InChI=1S/C15H19N3O3/c1-20-12-4-2-3-11(9-12)10-13-17-14(21-18-13)15(19)5-7-16-8-6-15/h2-4,9,16,19H,5-8,10H2,1H3. The van der Waals surface area contributed by atoms with Gasteiger partial charge in [0.2, 0.25) is 0 Å². The van der Waals surface area contributed by atoms with Crippen molar-refractivity contribution in [3.05, 3.63) is 41.5 Å². The van der Waals surface area contributed by atoms with Crippen LogP contribution in [0.4, 0.5) is 0 Å². The summed E-state index contributed by atoms with van der Waals surface area (Å²) >= 11 is 0. The number of methoxy groups -OCH3 is 1. The number of nitrogens with one attached hydrogen (secondary N) is 1. The summed E-state index contributed by atoms with van der Waals surface area (Å²) in [5.74, 6) is 1.69. The van der Waals surface area contributed by atoms with Gasteiger partial charge in [0.15, 0.2) is 5.82 Å². The molecule has 112 valence electrons. The summed E-state index contributed by atoms with van der Waals surface area (Å²) < 4.78 is 10.5. The molecule has 1 aromatic heterocycles. The Balaban J connectivity index is 1.75. The minimum Gasteiger partial charge on any atom is -0.497 e. The lowest BCUT2D eigenvalue weighted by Crippen LogP contribution is -2.39. The average molecular weight is 289 g/mol. The van der Waals surface area contributed by atoms with E-state index in [9.17, 15) is 5.11 Å². The Kier molecular flexibility index (Phi) is 3.90. The Labute approximate surface area is 123 Å². The molecule has 0 atom stereocenters. The second-order valence-corrected chi connectivity index (χ2v) is 5.33. The predicted octanol–water partition coefficient (Wildman–Crippen LogP) is 1.24. The van der Waals surface area contributed by atoms with E-state index in [4.69, 9.17) is 9.26 Å². The van der Waals surface area contributed by atoms with Gasteiger partial charge in [0, 0.05) is 6.42 Å². The van der Waals surface area contributed by atoms with Gasteiger partial charge in [-0.2, -0.15) is 4.98 Å². The minimum atomic E-state index is -0.995. The maximum Gasteiger partial charge on any atom is 0.258 e. The SMILES string of the molecule is COc1cccc(Cc2noc(C3(O)CCNCC3)n2)c1. The van der Waals surface area contributed by atoms with Crippen molar-refractivity contribution < 1.29 is 14.4 Å². The molecule has 0 amide bonds. The number of ether oxygens (including phenoxy) is 1. The van der Waals surface area contributed by atoms with Crippen LogP contribution < -0.4 is 10.1 Å². The van der Waals surface area contributed by atoms with Crippen LogP contribution in [0.5, 0.6) is 5.75 Å². The van der Waals surface area contributed by atoms with Gasteiger partial charge in [-0.25, -0.2) is 0 Å². The van der Waals surface area contributed by atoms with Gasteiger partial charge in [0.1, 0.15) is 11.4 Å². The van der Waals surface area contributed by atoms with Crippen molar-refractivity contribution in [1.82, 2.24) is 15.5 Å². The van der Waals surface area contributed by atoms with E-state index >= 15 is 0 Å². The van der Waals surface area contributed by atoms with Crippen LogP contribution in [0, 0.1) is 0 Å². The summed E-state index contributed by atoms with van der Waals surface area (Å²) in [6, 6.07) is 7.74. The third-order valence-electron chi connectivity index (χ3n) is 3.79. The summed E-state index contributed by atoms with van der Waals surface area (Å²) in [5, 5.41) is 17.7. The van der Waals surface area contributed by atoms with Gasteiger partial charge in [-0.15, -0.1) is 0 Å². The number of nitrogens with zero attached hydrogens (tertiary/aromatic N) is 2. The number of hydrogen-bond acceptors (Lipinski definition) is 6. The van der Waals surface area contributed by atoms with Crippen molar-refractivity contribution in [3.8, 4) is 5.75 Å².